The van der Waals surface area contributed by atoms with Crippen LogP contribution in [0.4, 0.5) is 4.39 Å². The van der Waals surface area contributed by atoms with Gasteiger partial charge in [0, 0.05) is 16.0 Å². The van der Waals surface area contributed by atoms with E-state index >= 15 is 0 Å². The van der Waals surface area contributed by atoms with Crippen LogP contribution < -0.4 is 5.73 Å². The van der Waals surface area contributed by atoms with Gasteiger partial charge in [-0.3, -0.25) is 9.59 Å². The number of halogens is 2. The van der Waals surface area contributed by atoms with Gasteiger partial charge in [0.25, 0.3) is 0 Å². The van der Waals surface area contributed by atoms with E-state index in [0.29, 0.717) is 4.47 Å². The molecule has 4 rings (SSSR count). The molecule has 0 heterocycles. The number of amides is 1. The minimum Gasteiger partial charge on any atom is -0.481 e. The van der Waals surface area contributed by atoms with Crippen LogP contribution in [0.3, 0.4) is 0 Å². The first-order chi connectivity index (χ1) is 10.9. The van der Waals surface area contributed by atoms with Crippen LogP contribution in [0.15, 0.2) is 34.8 Å². The fourth-order valence-electron chi connectivity index (χ4n) is 5.08. The molecule has 0 radical (unpaired) electrons. The SMILES string of the molecule is NC(=O)[C@@]1(c2ccc(Br)cc2F)[C@H](C(=O)O)[C@H]2C=C[C@H]1C21CC1. The van der Waals surface area contributed by atoms with Crippen molar-refractivity contribution in [2.24, 2.45) is 28.9 Å². The highest BCUT2D eigenvalue weighted by Gasteiger charge is 2.77. The number of benzene rings is 1. The van der Waals surface area contributed by atoms with E-state index in [1.165, 1.54) is 12.1 Å². The Kier molecular flexibility index (Phi) is 2.87. The molecule has 23 heavy (non-hydrogen) atoms. The monoisotopic (exact) mass is 379 g/mol. The van der Waals surface area contributed by atoms with Gasteiger partial charge < -0.3 is 10.8 Å². The topological polar surface area (TPSA) is 80.4 Å². The first-order valence-electron chi connectivity index (χ1n) is 7.52. The van der Waals surface area contributed by atoms with E-state index in [2.05, 4.69) is 15.9 Å². The third-order valence-electron chi connectivity index (χ3n) is 6.01. The molecule has 2 fully saturated rings. The van der Waals surface area contributed by atoms with Crippen molar-refractivity contribution in [3.63, 3.8) is 0 Å². The van der Waals surface area contributed by atoms with Crippen molar-refractivity contribution in [1.82, 2.24) is 0 Å². The zero-order valence-electron chi connectivity index (χ0n) is 12.1. The summed E-state index contributed by atoms with van der Waals surface area (Å²) in [6.45, 7) is 0. The maximum Gasteiger partial charge on any atom is 0.308 e. The standard InChI is InChI=1S/C17H15BrFNO3/c18-8-1-2-9(11(19)7-8)17(15(20)23)12-4-3-10(13(17)14(21)22)16(12)5-6-16/h1-4,7,10,12-13H,5-6H2,(H2,20,23)(H,21,22)/t10-,12+,13+,17-/m1/s1. The van der Waals surface area contributed by atoms with Crippen molar-refractivity contribution < 1.29 is 19.1 Å². The van der Waals surface area contributed by atoms with Crippen molar-refractivity contribution in [2.45, 2.75) is 18.3 Å². The zero-order chi connectivity index (χ0) is 16.6. The van der Waals surface area contributed by atoms with Crippen molar-refractivity contribution in [3.05, 3.63) is 46.2 Å². The lowest BCUT2D eigenvalue weighted by Gasteiger charge is -2.38. The average molecular weight is 380 g/mol. The molecule has 1 amide bonds. The molecule has 1 spiro atoms. The Morgan fingerprint density at radius 2 is 2.00 bits per heavy atom. The number of hydrogen-bond acceptors (Lipinski definition) is 2. The molecule has 0 saturated heterocycles. The summed E-state index contributed by atoms with van der Waals surface area (Å²) in [6.07, 6.45) is 5.47. The Morgan fingerprint density at radius 3 is 2.52 bits per heavy atom. The lowest BCUT2D eigenvalue weighted by molar-refractivity contribution is -0.149. The van der Waals surface area contributed by atoms with Crippen LogP contribution in [0.1, 0.15) is 18.4 Å². The molecule has 3 N–H and O–H groups in total. The van der Waals surface area contributed by atoms with Crippen LogP contribution in [0.25, 0.3) is 0 Å². The van der Waals surface area contributed by atoms with E-state index < -0.39 is 29.0 Å². The van der Waals surface area contributed by atoms with Crippen LogP contribution in [-0.2, 0) is 15.0 Å². The summed E-state index contributed by atoms with van der Waals surface area (Å²) in [6, 6.07) is 4.37. The minimum atomic E-state index is -1.52. The van der Waals surface area contributed by atoms with E-state index in [-0.39, 0.29) is 22.8 Å². The molecule has 3 aliphatic rings. The van der Waals surface area contributed by atoms with E-state index in [9.17, 15) is 19.1 Å². The number of carboxylic acid groups (broad SMARTS) is 1. The molecule has 2 saturated carbocycles. The molecule has 120 valence electrons. The number of carboxylic acids is 1. The van der Waals surface area contributed by atoms with Crippen LogP contribution in [0, 0.1) is 29.0 Å². The molecule has 2 bridgehead atoms. The zero-order valence-corrected chi connectivity index (χ0v) is 13.7. The second-order valence-electron chi connectivity index (χ2n) is 6.79. The first kappa shape index (κ1) is 14.9. The summed E-state index contributed by atoms with van der Waals surface area (Å²) in [5.41, 5.74) is 4.06. The van der Waals surface area contributed by atoms with Gasteiger partial charge in [-0.15, -0.1) is 0 Å². The average Bonchev–Trinajstić information content (AvgIpc) is 3.13. The molecule has 1 aromatic carbocycles. The van der Waals surface area contributed by atoms with E-state index in [1.807, 2.05) is 12.2 Å². The van der Waals surface area contributed by atoms with Gasteiger partial charge in [0.05, 0.1) is 11.3 Å². The number of carbonyl (C=O) groups is 2. The molecule has 0 unspecified atom stereocenters. The van der Waals surface area contributed by atoms with E-state index in [0.717, 1.165) is 12.8 Å². The van der Waals surface area contributed by atoms with Crippen LogP contribution in [0.5, 0.6) is 0 Å². The van der Waals surface area contributed by atoms with Crippen molar-refractivity contribution >= 4 is 27.8 Å². The van der Waals surface area contributed by atoms with Gasteiger partial charge in [-0.1, -0.05) is 34.1 Å². The van der Waals surface area contributed by atoms with Crippen LogP contribution >= 0.6 is 15.9 Å². The summed E-state index contributed by atoms with van der Waals surface area (Å²) in [4.78, 5) is 24.5. The Morgan fingerprint density at radius 1 is 1.30 bits per heavy atom. The lowest BCUT2D eigenvalue weighted by atomic mass is 9.63. The predicted octanol–water partition coefficient (Wildman–Crippen LogP) is 2.61. The first-order valence-corrected chi connectivity index (χ1v) is 8.31. The van der Waals surface area contributed by atoms with Gasteiger partial charge in [0.1, 0.15) is 5.82 Å². The maximum absolute atomic E-state index is 14.7. The van der Waals surface area contributed by atoms with Crippen molar-refractivity contribution in [3.8, 4) is 0 Å². The third-order valence-corrected chi connectivity index (χ3v) is 6.51. The summed E-state index contributed by atoms with van der Waals surface area (Å²) in [7, 11) is 0. The third kappa shape index (κ3) is 1.60. The van der Waals surface area contributed by atoms with Crippen molar-refractivity contribution in [2.75, 3.05) is 0 Å². The second kappa shape index (κ2) is 4.44. The Hall–Kier alpha value is -1.69. The van der Waals surface area contributed by atoms with Gasteiger partial charge in [-0.2, -0.15) is 0 Å². The summed E-state index contributed by atoms with van der Waals surface area (Å²) >= 11 is 3.19. The second-order valence-corrected chi connectivity index (χ2v) is 7.71. The Bertz CT molecular complexity index is 773. The number of hydrogen-bond donors (Lipinski definition) is 2. The number of nitrogens with two attached hydrogens (primary N) is 1. The van der Waals surface area contributed by atoms with Gasteiger partial charge in [0.15, 0.2) is 0 Å². The number of aliphatic carboxylic acids is 1. The van der Waals surface area contributed by atoms with Gasteiger partial charge in [0.2, 0.25) is 5.91 Å². The molecule has 0 aromatic heterocycles. The van der Waals surface area contributed by atoms with Crippen LogP contribution in [-0.4, -0.2) is 17.0 Å². The van der Waals surface area contributed by atoms with Gasteiger partial charge in [-0.25, -0.2) is 4.39 Å². The minimum absolute atomic E-state index is 0.101. The van der Waals surface area contributed by atoms with Crippen LogP contribution in [0.2, 0.25) is 0 Å². The number of allylic oxidation sites excluding steroid dienone is 2. The van der Waals surface area contributed by atoms with E-state index in [1.54, 1.807) is 6.07 Å². The summed E-state index contributed by atoms with van der Waals surface area (Å²) in [5.74, 6) is -4.08. The molecule has 4 atom stereocenters. The fraction of sp³-hybridized carbons (Fsp3) is 0.412. The van der Waals surface area contributed by atoms with Crippen molar-refractivity contribution in [1.29, 1.82) is 0 Å². The number of carbonyl (C=O) groups excluding carboxylic acids is 1. The fourth-order valence-corrected chi connectivity index (χ4v) is 5.42. The number of rotatable bonds is 3. The van der Waals surface area contributed by atoms with E-state index in [4.69, 9.17) is 5.73 Å². The summed E-state index contributed by atoms with van der Waals surface area (Å²) < 4.78 is 15.2. The smallest absolute Gasteiger partial charge is 0.308 e. The predicted molar refractivity (Wildman–Crippen MR) is 83.9 cm³/mol. The molecule has 3 aliphatic carbocycles. The molecular formula is C17H15BrFNO3. The highest BCUT2D eigenvalue weighted by Crippen LogP contribution is 2.76. The summed E-state index contributed by atoms with van der Waals surface area (Å²) in [5, 5.41) is 9.81. The molecule has 0 aliphatic heterocycles. The normalized spacial score (nSPS) is 35.7. The van der Waals surface area contributed by atoms with Gasteiger partial charge in [-0.05, 0) is 36.3 Å². The molecule has 4 nitrogen and oxygen atoms in total. The lowest BCUT2D eigenvalue weighted by Crippen LogP contribution is -2.53. The quantitative estimate of drug-likeness (QED) is 0.792. The maximum atomic E-state index is 14.7. The Labute approximate surface area is 140 Å². The largest absolute Gasteiger partial charge is 0.481 e. The molecular weight excluding hydrogens is 365 g/mol. The highest BCUT2D eigenvalue weighted by atomic mass is 79.9. The Balaban J connectivity index is 2.02. The molecule has 6 heteroatoms. The highest BCUT2D eigenvalue weighted by molar-refractivity contribution is 9.10. The number of primary amides is 1. The molecule has 1 aromatic rings. The van der Waals surface area contributed by atoms with Gasteiger partial charge >= 0.3 is 5.97 Å².